The lowest BCUT2D eigenvalue weighted by Gasteiger charge is -2.34. The van der Waals surface area contributed by atoms with Gasteiger partial charge in [-0.15, -0.1) is 11.3 Å². The smallest absolute Gasteiger partial charge is 0.333 e. The van der Waals surface area contributed by atoms with Gasteiger partial charge in [-0.25, -0.2) is 0 Å². The van der Waals surface area contributed by atoms with Crippen LogP contribution in [0.25, 0.3) is 91.4 Å². The third-order valence-electron chi connectivity index (χ3n) is 10.4. The van der Waals surface area contributed by atoms with Crippen molar-refractivity contribution in [2.24, 2.45) is 0 Å². The SMILES string of the molecule is c1ccc2cc3c(cc2c1)c1cccc2c1n3B1c3c(cc4sc5ccccc5c4c3-2)-n2c3ccccc3c3cccc1c32. The molecule has 12 rings (SSSR count). The highest BCUT2D eigenvalue weighted by Gasteiger charge is 2.42. The molecule has 200 valence electrons. The van der Waals surface area contributed by atoms with E-state index >= 15 is 0 Å². The van der Waals surface area contributed by atoms with Gasteiger partial charge in [-0.1, -0.05) is 97.1 Å². The Labute approximate surface area is 256 Å². The van der Waals surface area contributed by atoms with Crippen LogP contribution in [0.3, 0.4) is 0 Å². The molecule has 10 aromatic rings. The van der Waals surface area contributed by atoms with Crippen molar-refractivity contribution in [2.45, 2.75) is 0 Å². The monoisotopic (exact) mass is 572 g/mol. The summed E-state index contributed by atoms with van der Waals surface area (Å²) in [5.41, 5.74) is 12.2. The van der Waals surface area contributed by atoms with Crippen molar-refractivity contribution in [3.63, 3.8) is 0 Å². The van der Waals surface area contributed by atoms with E-state index in [9.17, 15) is 0 Å². The molecule has 0 spiro atoms. The minimum absolute atomic E-state index is 0.0691. The lowest BCUT2D eigenvalue weighted by molar-refractivity contribution is 1.18. The van der Waals surface area contributed by atoms with Gasteiger partial charge in [0.05, 0.1) is 11.0 Å². The van der Waals surface area contributed by atoms with E-state index in [2.05, 4.69) is 136 Å². The molecule has 2 aliphatic heterocycles. The molecule has 0 fully saturated rings. The van der Waals surface area contributed by atoms with Crippen molar-refractivity contribution >= 4 is 104 Å². The quantitative estimate of drug-likeness (QED) is 0.160. The van der Waals surface area contributed by atoms with E-state index in [1.54, 1.807) is 0 Å². The average molecular weight is 573 g/mol. The molecular weight excluding hydrogens is 551 g/mol. The first-order valence-electron chi connectivity index (χ1n) is 15.3. The average Bonchev–Trinajstić information content (AvgIpc) is 3.72. The predicted molar refractivity (Wildman–Crippen MR) is 190 cm³/mol. The fraction of sp³-hybridized carbons (Fsp3) is 0. The number of aromatic nitrogens is 2. The number of hydrogen-bond donors (Lipinski definition) is 0. The van der Waals surface area contributed by atoms with Gasteiger partial charge in [0, 0.05) is 64.0 Å². The van der Waals surface area contributed by atoms with Crippen molar-refractivity contribution in [1.29, 1.82) is 0 Å². The molecule has 2 aliphatic rings. The highest BCUT2D eigenvalue weighted by molar-refractivity contribution is 7.26. The lowest BCUT2D eigenvalue weighted by Crippen LogP contribution is -2.55. The summed E-state index contributed by atoms with van der Waals surface area (Å²) in [6.45, 7) is 0.0691. The molecular formula is C40H21BN2S. The maximum Gasteiger partial charge on any atom is 0.333 e. The van der Waals surface area contributed by atoms with E-state index in [1.165, 1.54) is 102 Å². The molecule has 4 heteroatoms. The molecule has 44 heavy (non-hydrogen) atoms. The van der Waals surface area contributed by atoms with Crippen molar-refractivity contribution in [3.05, 3.63) is 127 Å². The molecule has 0 amide bonds. The summed E-state index contributed by atoms with van der Waals surface area (Å²) in [4.78, 5) is 0. The van der Waals surface area contributed by atoms with Gasteiger partial charge in [0.1, 0.15) is 0 Å². The molecule has 5 heterocycles. The van der Waals surface area contributed by atoms with Crippen LogP contribution >= 0.6 is 11.3 Å². The summed E-state index contributed by atoms with van der Waals surface area (Å²) in [6.07, 6.45) is 0. The second kappa shape index (κ2) is 7.42. The van der Waals surface area contributed by atoms with E-state index in [0.29, 0.717) is 0 Å². The second-order valence-corrected chi connectivity index (χ2v) is 13.5. The van der Waals surface area contributed by atoms with Gasteiger partial charge in [0.25, 0.3) is 0 Å². The van der Waals surface area contributed by atoms with Gasteiger partial charge in [-0.2, -0.15) is 0 Å². The van der Waals surface area contributed by atoms with Crippen molar-refractivity contribution in [1.82, 2.24) is 9.05 Å². The van der Waals surface area contributed by atoms with Crippen LogP contribution in [0.15, 0.2) is 127 Å². The van der Waals surface area contributed by atoms with Crippen LogP contribution in [0.4, 0.5) is 0 Å². The highest BCUT2D eigenvalue weighted by atomic mass is 32.1. The lowest BCUT2D eigenvalue weighted by atomic mass is 9.45. The number of nitrogens with zero attached hydrogens (tertiary/aromatic N) is 2. The Morgan fingerprint density at radius 2 is 1.25 bits per heavy atom. The maximum atomic E-state index is 2.69. The van der Waals surface area contributed by atoms with Gasteiger partial charge < -0.3 is 9.05 Å². The Bertz CT molecular complexity index is 2960. The maximum absolute atomic E-state index is 2.69. The molecule has 0 saturated carbocycles. The fourth-order valence-electron chi connectivity index (χ4n) is 8.82. The summed E-state index contributed by atoms with van der Waals surface area (Å²) >= 11 is 1.93. The Kier molecular flexibility index (Phi) is 3.75. The summed E-state index contributed by atoms with van der Waals surface area (Å²) in [5.74, 6) is 0. The van der Waals surface area contributed by atoms with Crippen LogP contribution in [0.1, 0.15) is 0 Å². The van der Waals surface area contributed by atoms with Crippen LogP contribution in [-0.2, 0) is 0 Å². The van der Waals surface area contributed by atoms with E-state index in [0.717, 1.165) is 0 Å². The first-order valence-corrected chi connectivity index (χ1v) is 16.1. The Hall–Kier alpha value is -5.32. The molecule has 2 nitrogen and oxygen atoms in total. The van der Waals surface area contributed by atoms with Crippen molar-refractivity contribution < 1.29 is 0 Å². The molecule has 0 N–H and O–H groups in total. The largest absolute Gasteiger partial charge is 0.375 e. The Morgan fingerprint density at radius 1 is 0.523 bits per heavy atom. The third-order valence-corrected chi connectivity index (χ3v) is 11.6. The number of para-hydroxylation sites is 3. The minimum Gasteiger partial charge on any atom is -0.375 e. The van der Waals surface area contributed by atoms with E-state index < -0.39 is 0 Å². The molecule has 3 aromatic heterocycles. The normalized spacial score (nSPS) is 13.4. The highest BCUT2D eigenvalue weighted by Crippen LogP contribution is 2.48. The number of fused-ring (bicyclic) bond motifs is 15. The van der Waals surface area contributed by atoms with Gasteiger partial charge in [-0.05, 0) is 57.6 Å². The Morgan fingerprint density at radius 3 is 2.16 bits per heavy atom. The van der Waals surface area contributed by atoms with Crippen LogP contribution in [0.5, 0.6) is 0 Å². The zero-order chi connectivity index (χ0) is 28.3. The predicted octanol–water partition coefficient (Wildman–Crippen LogP) is 9.36. The molecule has 0 saturated heterocycles. The summed E-state index contributed by atoms with van der Waals surface area (Å²) < 4.78 is 7.97. The molecule has 0 unspecified atom stereocenters. The van der Waals surface area contributed by atoms with Crippen molar-refractivity contribution in [3.8, 4) is 16.8 Å². The molecule has 0 atom stereocenters. The number of hydrogen-bond acceptors (Lipinski definition) is 1. The van der Waals surface area contributed by atoms with Crippen LogP contribution in [-0.4, -0.2) is 15.9 Å². The van der Waals surface area contributed by atoms with Crippen LogP contribution in [0, 0.1) is 0 Å². The minimum atomic E-state index is 0.0691. The molecule has 0 bridgehead atoms. The second-order valence-electron chi connectivity index (χ2n) is 12.4. The van der Waals surface area contributed by atoms with Gasteiger partial charge in [-0.3, -0.25) is 0 Å². The van der Waals surface area contributed by atoms with Crippen molar-refractivity contribution in [2.75, 3.05) is 0 Å². The summed E-state index contributed by atoms with van der Waals surface area (Å²) in [5, 5.41) is 10.7. The van der Waals surface area contributed by atoms with Gasteiger partial charge in [0.15, 0.2) is 0 Å². The number of thiophene rings is 1. The first kappa shape index (κ1) is 22.3. The zero-order valence-corrected chi connectivity index (χ0v) is 24.3. The third kappa shape index (κ3) is 2.39. The van der Waals surface area contributed by atoms with E-state index in [4.69, 9.17) is 0 Å². The van der Waals surface area contributed by atoms with Gasteiger partial charge >= 0.3 is 6.85 Å². The Balaban J connectivity index is 1.41. The first-order chi connectivity index (χ1) is 21.8. The number of rotatable bonds is 0. The topological polar surface area (TPSA) is 9.86 Å². The molecule has 0 aliphatic carbocycles. The summed E-state index contributed by atoms with van der Waals surface area (Å²) in [7, 11) is 0. The fourth-order valence-corrected chi connectivity index (χ4v) is 9.97. The van der Waals surface area contributed by atoms with E-state index in [-0.39, 0.29) is 6.85 Å². The standard InChI is InChI=1S/C40H21BN2S/c1-2-10-23-20-32-29(19-22(23)9-1)26-13-7-15-28-37-36-27-12-4-6-18-34(27)44-35(36)21-33-38(37)41(43(32)39(26)28)30-16-8-14-25-24-11-3-5-17-31(24)42(33)40(25)30/h1-21H. The van der Waals surface area contributed by atoms with Crippen LogP contribution < -0.4 is 10.9 Å². The number of benzene rings is 7. The van der Waals surface area contributed by atoms with E-state index in [1.807, 2.05) is 11.3 Å². The van der Waals surface area contributed by atoms with Crippen LogP contribution in [0.2, 0.25) is 0 Å². The molecule has 0 radical (unpaired) electrons. The zero-order valence-electron chi connectivity index (χ0n) is 23.5. The molecule has 7 aromatic carbocycles. The summed E-state index contributed by atoms with van der Waals surface area (Å²) in [6, 6.07) is 48.1. The van der Waals surface area contributed by atoms with Gasteiger partial charge in [0.2, 0.25) is 0 Å².